The van der Waals surface area contributed by atoms with Gasteiger partial charge in [0, 0.05) is 0 Å². The first-order chi connectivity index (χ1) is 3.42. The summed E-state index contributed by atoms with van der Waals surface area (Å²) in [6.07, 6.45) is 0. The first-order valence-electron chi connectivity index (χ1n) is 1.64. The molecule has 0 aliphatic rings. The minimum absolute atomic E-state index is 0. The van der Waals surface area contributed by atoms with Crippen molar-refractivity contribution < 1.29 is 37.5 Å². The third-order valence-electron chi connectivity index (χ3n) is 0.240. The molecule has 0 aromatic heterocycles. The van der Waals surface area contributed by atoms with E-state index in [1.54, 1.807) is 0 Å². The SMILES string of the molecule is CC(=O)O[As](=O)([O-])[O-].[Cu+2]. The Bertz CT molecular complexity index is 138. The molecule has 0 amide bonds. The fourth-order valence-electron chi connectivity index (χ4n) is 0.157. The van der Waals surface area contributed by atoms with Crippen LogP contribution in [-0.2, 0) is 29.3 Å². The summed E-state index contributed by atoms with van der Waals surface area (Å²) in [5.41, 5.74) is 0. The second-order valence-corrected chi connectivity index (χ2v) is 3.29. The summed E-state index contributed by atoms with van der Waals surface area (Å²) in [5.74, 6) is -1.09. The van der Waals surface area contributed by atoms with E-state index in [9.17, 15) is 16.7 Å². The number of carbonyl (C=O) groups excluding carboxylic acids is 1. The summed E-state index contributed by atoms with van der Waals surface area (Å²) in [6.45, 7) is 0.851. The van der Waals surface area contributed by atoms with Crippen LogP contribution in [0, 0.1) is 0 Å². The Morgan fingerprint density at radius 3 is 1.89 bits per heavy atom. The molecule has 0 saturated heterocycles. The Hall–Kier alpha value is 0.268. The Morgan fingerprint density at radius 1 is 1.56 bits per heavy atom. The largest absolute Gasteiger partial charge is 2.00 e. The number of carbonyl (C=O) groups is 1. The van der Waals surface area contributed by atoms with Gasteiger partial charge in [-0.1, -0.05) is 0 Å². The monoisotopic (exact) mass is 245 g/mol. The van der Waals surface area contributed by atoms with Crippen LogP contribution in [0.15, 0.2) is 0 Å². The molecule has 1 radical (unpaired) electrons. The zero-order valence-corrected chi connectivity index (χ0v) is 7.11. The summed E-state index contributed by atoms with van der Waals surface area (Å²) in [6, 6.07) is 0. The standard InChI is InChI=1S/C2H5AsO5.Cu/c1-2(4)8-3(5,6)7;/h1H3,(H2,5,6,7);/q;+2/p-2. The molecule has 0 spiro atoms. The van der Waals surface area contributed by atoms with E-state index >= 15 is 0 Å². The molecule has 0 unspecified atom stereocenters. The van der Waals surface area contributed by atoms with E-state index in [1.165, 1.54) is 0 Å². The van der Waals surface area contributed by atoms with Crippen LogP contribution in [0.5, 0.6) is 0 Å². The molecule has 7 heteroatoms. The van der Waals surface area contributed by atoms with Crippen molar-refractivity contribution >= 4 is 20.5 Å². The molecular formula is C2H3AsCuO5. The Balaban J connectivity index is 0. The van der Waals surface area contributed by atoms with Crippen molar-refractivity contribution in [3.63, 3.8) is 0 Å². The summed E-state index contributed by atoms with van der Waals surface area (Å²) < 4.78 is 31.9. The Morgan fingerprint density at radius 2 is 1.89 bits per heavy atom. The molecule has 0 heterocycles. The Labute approximate surface area is 65.2 Å². The molecule has 9 heavy (non-hydrogen) atoms. The minimum Gasteiger partial charge on any atom is 2.00 e. The molecule has 0 aromatic carbocycles. The van der Waals surface area contributed by atoms with Gasteiger partial charge in [-0.05, 0) is 0 Å². The van der Waals surface area contributed by atoms with Crippen LogP contribution in [0.2, 0.25) is 0 Å². The molecule has 0 bridgehead atoms. The van der Waals surface area contributed by atoms with Crippen LogP contribution >= 0.6 is 0 Å². The quantitative estimate of drug-likeness (QED) is 0.463. The average molecular weight is 246 g/mol. The predicted octanol–water partition coefficient (Wildman–Crippen LogP) is -2.87. The van der Waals surface area contributed by atoms with Gasteiger partial charge in [-0.3, -0.25) is 0 Å². The van der Waals surface area contributed by atoms with Crippen LogP contribution in [0.25, 0.3) is 0 Å². The van der Waals surface area contributed by atoms with E-state index in [0.29, 0.717) is 0 Å². The van der Waals surface area contributed by atoms with E-state index in [-0.39, 0.29) is 17.1 Å². The molecule has 0 aliphatic carbocycles. The molecule has 0 aromatic rings. The van der Waals surface area contributed by atoms with Gasteiger partial charge in [0.25, 0.3) is 0 Å². The molecule has 0 N–H and O–H groups in total. The van der Waals surface area contributed by atoms with Crippen LogP contribution in [0.1, 0.15) is 6.92 Å². The smallest absolute Gasteiger partial charge is 2.00 e. The fraction of sp³-hybridized carbons (Fsp3) is 0.500. The number of hydrogen-bond acceptors (Lipinski definition) is 5. The summed E-state index contributed by atoms with van der Waals surface area (Å²) in [7, 11) is 0. The molecule has 0 atom stereocenters. The van der Waals surface area contributed by atoms with Crippen molar-refractivity contribution in [2.75, 3.05) is 0 Å². The fourth-order valence-corrected chi connectivity index (χ4v) is 0.818. The summed E-state index contributed by atoms with van der Waals surface area (Å²) >= 11 is -5.61. The van der Waals surface area contributed by atoms with E-state index in [2.05, 4.69) is 3.73 Å². The zero-order valence-electron chi connectivity index (χ0n) is 4.29. The summed E-state index contributed by atoms with van der Waals surface area (Å²) in [4.78, 5) is 9.68. The number of hydrogen-bond donors (Lipinski definition) is 0. The molecule has 0 aliphatic heterocycles. The normalized spacial score (nSPS) is 9.67. The van der Waals surface area contributed by atoms with Gasteiger partial charge in [-0.15, -0.1) is 0 Å². The topological polar surface area (TPSA) is 89.5 Å². The van der Waals surface area contributed by atoms with Crippen molar-refractivity contribution in [3.05, 3.63) is 0 Å². The van der Waals surface area contributed by atoms with Gasteiger partial charge >= 0.3 is 64.9 Å². The van der Waals surface area contributed by atoms with Gasteiger partial charge in [0.2, 0.25) is 0 Å². The van der Waals surface area contributed by atoms with Crippen molar-refractivity contribution in [1.82, 2.24) is 0 Å². The predicted molar refractivity (Wildman–Crippen MR) is 18.2 cm³/mol. The van der Waals surface area contributed by atoms with Crippen molar-refractivity contribution in [2.45, 2.75) is 6.92 Å². The van der Waals surface area contributed by atoms with E-state index in [4.69, 9.17) is 0 Å². The van der Waals surface area contributed by atoms with Crippen LogP contribution in [0.4, 0.5) is 0 Å². The van der Waals surface area contributed by atoms with Gasteiger partial charge < -0.3 is 0 Å². The van der Waals surface area contributed by atoms with Crippen molar-refractivity contribution in [1.29, 1.82) is 0 Å². The molecule has 0 fully saturated rings. The van der Waals surface area contributed by atoms with Crippen LogP contribution in [-0.4, -0.2) is 20.5 Å². The second kappa shape index (κ2) is 4.14. The van der Waals surface area contributed by atoms with Crippen LogP contribution < -0.4 is 8.19 Å². The molecule has 0 saturated carbocycles. The second-order valence-electron chi connectivity index (χ2n) is 1.03. The third-order valence-corrected chi connectivity index (χ3v) is 1.25. The third kappa shape index (κ3) is 11.7. The van der Waals surface area contributed by atoms with Crippen molar-refractivity contribution in [2.24, 2.45) is 0 Å². The van der Waals surface area contributed by atoms with Gasteiger partial charge in [-0.2, -0.15) is 0 Å². The van der Waals surface area contributed by atoms with E-state index < -0.39 is 20.5 Å². The van der Waals surface area contributed by atoms with Gasteiger partial charge in [0.15, 0.2) is 0 Å². The molecule has 5 nitrogen and oxygen atoms in total. The maximum absolute atomic E-state index is 9.68. The average Bonchev–Trinajstić information content (AvgIpc) is 1.21. The first-order valence-corrected chi connectivity index (χ1v) is 4.70. The first kappa shape index (κ1) is 12.0. The van der Waals surface area contributed by atoms with Gasteiger partial charge in [0.1, 0.15) is 0 Å². The van der Waals surface area contributed by atoms with Gasteiger partial charge in [-0.25, -0.2) is 0 Å². The zero-order chi connectivity index (χ0) is 6.78. The van der Waals surface area contributed by atoms with Gasteiger partial charge in [0.05, 0.1) is 0 Å². The molecule has 0 rings (SSSR count). The van der Waals surface area contributed by atoms with E-state index in [0.717, 1.165) is 6.92 Å². The molecular weight excluding hydrogens is 242 g/mol. The van der Waals surface area contributed by atoms with Crippen molar-refractivity contribution in [3.8, 4) is 0 Å². The number of rotatable bonds is 1. The maximum Gasteiger partial charge on any atom is 2.00 e. The minimum atomic E-state index is -5.61. The van der Waals surface area contributed by atoms with Crippen LogP contribution in [0.3, 0.4) is 0 Å². The Kier molecular flexibility index (Phi) is 5.52. The summed E-state index contributed by atoms with van der Waals surface area (Å²) in [5, 5.41) is 0. The molecule has 57 valence electrons. The van der Waals surface area contributed by atoms with E-state index in [1.807, 2.05) is 0 Å². The maximum atomic E-state index is 9.68.